The molecule has 106 valence electrons. The van der Waals surface area contributed by atoms with Gasteiger partial charge in [-0.05, 0) is 45.8 Å². The summed E-state index contributed by atoms with van der Waals surface area (Å²) in [5, 5.41) is 4.30. The van der Waals surface area contributed by atoms with Gasteiger partial charge < -0.3 is 4.74 Å². The molecule has 0 spiro atoms. The van der Waals surface area contributed by atoms with Crippen LogP contribution in [-0.4, -0.2) is 14.8 Å². The maximum absolute atomic E-state index is 5.79. The van der Waals surface area contributed by atoms with Gasteiger partial charge in [0.15, 0.2) is 0 Å². The summed E-state index contributed by atoms with van der Waals surface area (Å²) in [4.78, 5) is 4.15. The number of para-hydroxylation sites is 1. The van der Waals surface area contributed by atoms with Crippen molar-refractivity contribution in [2.75, 3.05) is 0 Å². The minimum absolute atomic E-state index is 0.290. The van der Waals surface area contributed by atoms with Gasteiger partial charge in [-0.3, -0.25) is 0 Å². The minimum atomic E-state index is 0.290. The van der Waals surface area contributed by atoms with Gasteiger partial charge in [0.1, 0.15) is 12.1 Å². The molecule has 1 aromatic heterocycles. The number of nitrogens with zero attached hydrogens (tertiary/aromatic N) is 3. The Kier molecular flexibility index (Phi) is 4.22. The monoisotopic (exact) mass is 363 g/mol. The number of halogens is 2. The first-order valence-electron chi connectivity index (χ1n) is 6.25. The Labute approximate surface area is 135 Å². The molecular weight excluding hydrogens is 354 g/mol. The normalized spacial score (nSPS) is 10.6. The van der Waals surface area contributed by atoms with E-state index in [1.165, 1.54) is 0 Å². The molecule has 0 bridgehead atoms. The first-order chi connectivity index (χ1) is 10.3. The van der Waals surface area contributed by atoms with Crippen LogP contribution in [0.1, 0.15) is 5.56 Å². The van der Waals surface area contributed by atoms with E-state index in [0.29, 0.717) is 11.6 Å². The lowest BCUT2D eigenvalue weighted by atomic mass is 10.2. The highest BCUT2D eigenvalue weighted by Gasteiger charge is 2.08. The molecular formula is C15H11BrClN3O. The van der Waals surface area contributed by atoms with Crippen molar-refractivity contribution in [3.05, 3.63) is 64.9 Å². The molecule has 0 fully saturated rings. The zero-order valence-corrected chi connectivity index (χ0v) is 13.3. The molecule has 4 nitrogen and oxygen atoms in total. The zero-order chi connectivity index (χ0) is 14.7. The molecule has 6 heteroatoms. The quantitative estimate of drug-likeness (QED) is 0.637. The van der Waals surface area contributed by atoms with Crippen LogP contribution < -0.4 is 4.74 Å². The van der Waals surface area contributed by atoms with Gasteiger partial charge in [0.05, 0.1) is 10.2 Å². The van der Waals surface area contributed by atoms with Gasteiger partial charge in [-0.15, -0.1) is 16.7 Å². The topological polar surface area (TPSA) is 39.9 Å². The highest BCUT2D eigenvalue weighted by atomic mass is 79.9. The van der Waals surface area contributed by atoms with Crippen molar-refractivity contribution >= 4 is 27.5 Å². The third-order valence-corrected chi connectivity index (χ3v) is 3.77. The van der Waals surface area contributed by atoms with Crippen LogP contribution in [0, 0.1) is 0 Å². The molecule has 2 aromatic carbocycles. The molecule has 1 heterocycles. The summed E-state index contributed by atoms with van der Waals surface area (Å²) in [6.07, 6.45) is 1.62. The fourth-order valence-corrected chi connectivity index (χ4v) is 2.48. The zero-order valence-electron chi connectivity index (χ0n) is 10.9. The van der Waals surface area contributed by atoms with E-state index in [9.17, 15) is 0 Å². The molecule has 21 heavy (non-hydrogen) atoms. The average molecular weight is 365 g/mol. The Morgan fingerprint density at radius 3 is 2.67 bits per heavy atom. The predicted octanol–water partition coefficient (Wildman–Crippen LogP) is 4.56. The van der Waals surface area contributed by atoms with E-state index in [0.717, 1.165) is 15.7 Å². The summed E-state index contributed by atoms with van der Waals surface area (Å²) in [6, 6.07) is 15.7. The van der Waals surface area contributed by atoms with Crippen molar-refractivity contribution in [2.45, 2.75) is 5.88 Å². The van der Waals surface area contributed by atoms with Crippen LogP contribution in [0.4, 0.5) is 0 Å². The first-order valence-corrected chi connectivity index (χ1v) is 7.58. The van der Waals surface area contributed by atoms with Crippen molar-refractivity contribution < 1.29 is 4.74 Å². The van der Waals surface area contributed by atoms with Crippen LogP contribution in [0.2, 0.25) is 0 Å². The molecule has 0 aliphatic heterocycles. The van der Waals surface area contributed by atoms with Crippen LogP contribution >= 0.6 is 27.5 Å². The SMILES string of the molecule is ClCc1ccc(Oc2ncn(-c3ccccc3)n2)c(Br)c1. The van der Waals surface area contributed by atoms with E-state index in [2.05, 4.69) is 26.0 Å². The van der Waals surface area contributed by atoms with Crippen molar-refractivity contribution in [3.63, 3.8) is 0 Å². The summed E-state index contributed by atoms with van der Waals surface area (Å²) in [5.41, 5.74) is 1.94. The lowest BCUT2D eigenvalue weighted by Crippen LogP contribution is -1.95. The van der Waals surface area contributed by atoms with E-state index < -0.39 is 0 Å². The second-order valence-electron chi connectivity index (χ2n) is 4.31. The van der Waals surface area contributed by atoms with Gasteiger partial charge in [-0.1, -0.05) is 24.3 Å². The second kappa shape index (κ2) is 6.28. The minimum Gasteiger partial charge on any atom is -0.422 e. The van der Waals surface area contributed by atoms with Crippen LogP contribution in [-0.2, 0) is 5.88 Å². The lowest BCUT2D eigenvalue weighted by molar-refractivity contribution is 0.439. The summed E-state index contributed by atoms with van der Waals surface area (Å²) in [7, 11) is 0. The van der Waals surface area contributed by atoms with Gasteiger partial charge in [0.25, 0.3) is 0 Å². The van der Waals surface area contributed by atoms with Crippen molar-refractivity contribution in [1.82, 2.24) is 14.8 Å². The van der Waals surface area contributed by atoms with Crippen molar-refractivity contribution in [2.24, 2.45) is 0 Å². The molecule has 3 rings (SSSR count). The first kappa shape index (κ1) is 14.1. The lowest BCUT2D eigenvalue weighted by Gasteiger charge is -2.05. The van der Waals surface area contributed by atoms with E-state index in [-0.39, 0.29) is 6.01 Å². The Hall–Kier alpha value is -1.85. The third-order valence-electron chi connectivity index (χ3n) is 2.84. The summed E-state index contributed by atoms with van der Waals surface area (Å²) >= 11 is 9.24. The Bertz CT molecular complexity index is 746. The summed E-state index contributed by atoms with van der Waals surface area (Å²) in [6.45, 7) is 0. The Morgan fingerprint density at radius 1 is 1.14 bits per heavy atom. The largest absolute Gasteiger partial charge is 0.422 e. The van der Waals surface area contributed by atoms with Crippen LogP contribution in [0.15, 0.2) is 59.3 Å². The number of rotatable bonds is 4. The second-order valence-corrected chi connectivity index (χ2v) is 5.43. The molecule has 0 saturated heterocycles. The highest BCUT2D eigenvalue weighted by molar-refractivity contribution is 9.10. The third kappa shape index (κ3) is 3.25. The molecule has 0 saturated carbocycles. The van der Waals surface area contributed by atoms with Gasteiger partial charge in [0.2, 0.25) is 0 Å². The number of benzene rings is 2. The van der Waals surface area contributed by atoms with Crippen molar-refractivity contribution in [3.8, 4) is 17.4 Å². The predicted molar refractivity (Wildman–Crippen MR) is 85.1 cm³/mol. The molecule has 0 radical (unpaired) electrons. The molecule has 0 aliphatic carbocycles. The summed E-state index contributed by atoms with van der Waals surface area (Å²) < 4.78 is 8.16. The Morgan fingerprint density at radius 2 is 1.95 bits per heavy atom. The van der Waals surface area contributed by atoms with Crippen LogP contribution in [0.3, 0.4) is 0 Å². The van der Waals surface area contributed by atoms with E-state index in [1.807, 2.05) is 48.5 Å². The molecule has 0 amide bonds. The van der Waals surface area contributed by atoms with Crippen LogP contribution in [0.25, 0.3) is 5.69 Å². The highest BCUT2D eigenvalue weighted by Crippen LogP contribution is 2.29. The number of hydrogen-bond donors (Lipinski definition) is 0. The molecule has 0 N–H and O–H groups in total. The van der Waals surface area contributed by atoms with Crippen molar-refractivity contribution in [1.29, 1.82) is 0 Å². The molecule has 0 aliphatic rings. The number of ether oxygens (including phenoxy) is 1. The Balaban J connectivity index is 1.82. The number of aromatic nitrogens is 3. The van der Waals surface area contributed by atoms with E-state index >= 15 is 0 Å². The number of hydrogen-bond acceptors (Lipinski definition) is 3. The maximum Gasteiger partial charge on any atom is 0.341 e. The summed E-state index contributed by atoms with van der Waals surface area (Å²) in [5.74, 6) is 1.11. The van der Waals surface area contributed by atoms with Gasteiger partial charge in [-0.2, -0.15) is 4.98 Å². The van der Waals surface area contributed by atoms with E-state index in [4.69, 9.17) is 16.3 Å². The van der Waals surface area contributed by atoms with E-state index in [1.54, 1.807) is 11.0 Å². The van der Waals surface area contributed by atoms with Gasteiger partial charge in [-0.25, -0.2) is 4.68 Å². The maximum atomic E-state index is 5.79. The molecule has 0 atom stereocenters. The standard InChI is InChI=1S/C15H11BrClN3O/c16-13-8-11(9-17)6-7-14(13)21-15-18-10-20(19-15)12-4-2-1-3-5-12/h1-8,10H,9H2. The van der Waals surface area contributed by atoms with Gasteiger partial charge >= 0.3 is 6.01 Å². The smallest absolute Gasteiger partial charge is 0.341 e. The molecule has 0 unspecified atom stereocenters. The molecule has 3 aromatic rings. The van der Waals surface area contributed by atoms with Crippen LogP contribution in [0.5, 0.6) is 11.8 Å². The average Bonchev–Trinajstić information content (AvgIpc) is 2.99. The fourth-order valence-electron chi connectivity index (χ4n) is 1.81. The number of alkyl halides is 1. The van der Waals surface area contributed by atoms with Gasteiger partial charge in [0, 0.05) is 5.88 Å². The fraction of sp³-hybridized carbons (Fsp3) is 0.0667.